The summed E-state index contributed by atoms with van der Waals surface area (Å²) >= 11 is 0. The Bertz CT molecular complexity index is 1010. The maximum absolute atomic E-state index is 5.69. The smallest absolute Gasteiger partial charge is 0.241 e. The van der Waals surface area contributed by atoms with Crippen LogP contribution in [0.25, 0.3) is 11.4 Å². The van der Waals surface area contributed by atoms with Crippen LogP contribution in [0.5, 0.6) is 17.2 Å². The van der Waals surface area contributed by atoms with Gasteiger partial charge in [0.2, 0.25) is 11.7 Å². The lowest BCUT2D eigenvalue weighted by atomic mass is 10.1. The number of para-hydroxylation sites is 1. The molecule has 0 saturated carbocycles. The first kappa shape index (κ1) is 22.1. The van der Waals surface area contributed by atoms with E-state index in [1.807, 2.05) is 43.3 Å². The quantitative estimate of drug-likeness (QED) is 0.503. The fourth-order valence-electron chi connectivity index (χ4n) is 3.90. The predicted octanol–water partition coefficient (Wildman–Crippen LogP) is 3.47. The van der Waals surface area contributed by atoms with Crippen molar-refractivity contribution in [1.29, 1.82) is 0 Å². The molecule has 3 aromatic rings. The van der Waals surface area contributed by atoms with Crippen molar-refractivity contribution in [2.45, 2.75) is 20.0 Å². The Labute approximate surface area is 188 Å². The maximum atomic E-state index is 5.69. The van der Waals surface area contributed by atoms with Crippen LogP contribution in [-0.4, -0.2) is 66.9 Å². The number of ether oxygens (including phenoxy) is 3. The molecule has 0 amide bonds. The summed E-state index contributed by atoms with van der Waals surface area (Å²) in [5, 5.41) is 4.17. The van der Waals surface area contributed by atoms with Gasteiger partial charge >= 0.3 is 0 Å². The van der Waals surface area contributed by atoms with Crippen LogP contribution in [0.3, 0.4) is 0 Å². The Morgan fingerprint density at radius 3 is 2.31 bits per heavy atom. The van der Waals surface area contributed by atoms with E-state index in [1.54, 1.807) is 14.2 Å². The van der Waals surface area contributed by atoms with Crippen LogP contribution in [0, 0.1) is 0 Å². The third kappa shape index (κ3) is 5.20. The molecule has 32 heavy (non-hydrogen) atoms. The number of piperazine rings is 1. The SMILES string of the molecule is CCOc1ccccc1-c1noc(CN2CCN(Cc3ccc(OC)c(OC)c3)CC2)n1. The first-order valence-corrected chi connectivity index (χ1v) is 10.9. The topological polar surface area (TPSA) is 73.1 Å². The first-order valence-electron chi connectivity index (χ1n) is 10.9. The van der Waals surface area contributed by atoms with Crippen molar-refractivity contribution < 1.29 is 18.7 Å². The Morgan fingerprint density at radius 2 is 1.59 bits per heavy atom. The van der Waals surface area contributed by atoms with Crippen LogP contribution < -0.4 is 14.2 Å². The molecule has 4 rings (SSSR count). The summed E-state index contributed by atoms with van der Waals surface area (Å²) in [4.78, 5) is 9.38. The van der Waals surface area contributed by atoms with Crippen LogP contribution in [-0.2, 0) is 13.1 Å². The van der Waals surface area contributed by atoms with Crippen LogP contribution in [0.2, 0.25) is 0 Å². The molecule has 0 spiro atoms. The number of hydrogen-bond donors (Lipinski definition) is 0. The zero-order chi connectivity index (χ0) is 22.3. The van der Waals surface area contributed by atoms with Crippen molar-refractivity contribution in [3.63, 3.8) is 0 Å². The number of nitrogens with zero attached hydrogens (tertiary/aromatic N) is 4. The molecule has 2 aromatic carbocycles. The molecule has 2 heterocycles. The number of rotatable bonds is 9. The van der Waals surface area contributed by atoms with Gasteiger partial charge in [0.25, 0.3) is 0 Å². The fourth-order valence-corrected chi connectivity index (χ4v) is 3.90. The van der Waals surface area contributed by atoms with Gasteiger partial charge in [0.1, 0.15) is 5.75 Å². The van der Waals surface area contributed by atoms with Crippen molar-refractivity contribution in [3.05, 3.63) is 53.9 Å². The minimum Gasteiger partial charge on any atom is -0.493 e. The molecule has 0 atom stereocenters. The average molecular weight is 439 g/mol. The summed E-state index contributed by atoms with van der Waals surface area (Å²) in [6.07, 6.45) is 0. The number of benzene rings is 2. The summed E-state index contributed by atoms with van der Waals surface area (Å²) in [6, 6.07) is 13.9. The monoisotopic (exact) mass is 438 g/mol. The van der Waals surface area contributed by atoms with Gasteiger partial charge in [-0.25, -0.2) is 0 Å². The second-order valence-corrected chi connectivity index (χ2v) is 7.68. The number of hydrogen-bond acceptors (Lipinski definition) is 8. The average Bonchev–Trinajstić information content (AvgIpc) is 3.29. The lowest BCUT2D eigenvalue weighted by Gasteiger charge is -2.34. The minimum atomic E-state index is 0.566. The molecule has 0 radical (unpaired) electrons. The first-order chi connectivity index (χ1) is 15.7. The molecule has 170 valence electrons. The van der Waals surface area contributed by atoms with E-state index in [9.17, 15) is 0 Å². The third-order valence-corrected chi connectivity index (χ3v) is 5.57. The van der Waals surface area contributed by atoms with Crippen molar-refractivity contribution >= 4 is 0 Å². The Hall–Kier alpha value is -3.10. The maximum Gasteiger partial charge on any atom is 0.241 e. The molecule has 8 nitrogen and oxygen atoms in total. The van der Waals surface area contributed by atoms with E-state index in [-0.39, 0.29) is 0 Å². The summed E-state index contributed by atoms with van der Waals surface area (Å²) in [5.74, 6) is 3.48. The van der Waals surface area contributed by atoms with Gasteiger partial charge in [0.05, 0.1) is 32.9 Å². The molecule has 1 aromatic heterocycles. The number of methoxy groups -OCH3 is 2. The summed E-state index contributed by atoms with van der Waals surface area (Å²) in [7, 11) is 3.32. The van der Waals surface area contributed by atoms with Crippen molar-refractivity contribution in [2.24, 2.45) is 0 Å². The molecule has 0 aliphatic carbocycles. The Morgan fingerprint density at radius 1 is 0.875 bits per heavy atom. The van der Waals surface area contributed by atoms with Crippen LogP contribution >= 0.6 is 0 Å². The summed E-state index contributed by atoms with van der Waals surface area (Å²) < 4.78 is 22.0. The second-order valence-electron chi connectivity index (χ2n) is 7.68. The van der Waals surface area contributed by atoms with Gasteiger partial charge in [-0.15, -0.1) is 0 Å². The lowest BCUT2D eigenvalue weighted by Crippen LogP contribution is -2.45. The van der Waals surface area contributed by atoms with Gasteiger partial charge < -0.3 is 18.7 Å². The van der Waals surface area contributed by atoms with E-state index in [2.05, 4.69) is 26.0 Å². The van der Waals surface area contributed by atoms with E-state index in [4.69, 9.17) is 18.7 Å². The Kier molecular flexibility index (Phi) is 7.24. The minimum absolute atomic E-state index is 0.566. The van der Waals surface area contributed by atoms with Crippen LogP contribution in [0.4, 0.5) is 0 Å². The predicted molar refractivity (Wildman–Crippen MR) is 121 cm³/mol. The van der Waals surface area contributed by atoms with E-state index >= 15 is 0 Å². The molecule has 1 aliphatic rings. The highest BCUT2D eigenvalue weighted by atomic mass is 16.5. The Balaban J connectivity index is 1.31. The highest BCUT2D eigenvalue weighted by Gasteiger charge is 2.21. The zero-order valence-electron chi connectivity index (χ0n) is 18.9. The highest BCUT2D eigenvalue weighted by molar-refractivity contribution is 5.63. The standard InChI is InChI=1S/C24H30N4O4/c1-4-31-20-8-6-5-7-19(20)24-25-23(32-26-24)17-28-13-11-27(12-14-28)16-18-9-10-21(29-2)22(15-18)30-3/h5-10,15H,4,11-14,16-17H2,1-3H3. The largest absolute Gasteiger partial charge is 0.493 e. The summed E-state index contributed by atoms with van der Waals surface area (Å²) in [5.41, 5.74) is 2.06. The molecular weight excluding hydrogens is 408 g/mol. The van der Waals surface area contributed by atoms with Gasteiger partial charge in [-0.05, 0) is 36.8 Å². The molecule has 8 heteroatoms. The van der Waals surface area contributed by atoms with Gasteiger partial charge in [0.15, 0.2) is 11.5 Å². The van der Waals surface area contributed by atoms with Crippen LogP contribution in [0.1, 0.15) is 18.4 Å². The number of aromatic nitrogens is 2. The highest BCUT2D eigenvalue weighted by Crippen LogP contribution is 2.29. The molecule has 0 bridgehead atoms. The van der Waals surface area contributed by atoms with Gasteiger partial charge in [-0.2, -0.15) is 4.98 Å². The normalized spacial score (nSPS) is 15.0. The molecular formula is C24H30N4O4. The molecule has 1 aliphatic heterocycles. The molecule has 1 saturated heterocycles. The van der Waals surface area contributed by atoms with Crippen LogP contribution in [0.15, 0.2) is 47.0 Å². The lowest BCUT2D eigenvalue weighted by molar-refractivity contribution is 0.112. The van der Waals surface area contributed by atoms with Crippen molar-refractivity contribution in [1.82, 2.24) is 19.9 Å². The zero-order valence-corrected chi connectivity index (χ0v) is 18.9. The van der Waals surface area contributed by atoms with E-state index in [1.165, 1.54) is 5.56 Å². The third-order valence-electron chi connectivity index (χ3n) is 5.57. The molecule has 0 N–H and O–H groups in total. The van der Waals surface area contributed by atoms with E-state index in [0.29, 0.717) is 24.9 Å². The van der Waals surface area contributed by atoms with Gasteiger partial charge in [-0.1, -0.05) is 23.4 Å². The van der Waals surface area contributed by atoms with Crippen molar-refractivity contribution in [2.75, 3.05) is 47.0 Å². The molecule has 0 unspecified atom stereocenters. The summed E-state index contributed by atoms with van der Waals surface area (Å²) in [6.45, 7) is 7.92. The van der Waals surface area contributed by atoms with Crippen molar-refractivity contribution in [3.8, 4) is 28.6 Å². The van der Waals surface area contributed by atoms with Gasteiger partial charge in [-0.3, -0.25) is 9.80 Å². The fraction of sp³-hybridized carbons (Fsp3) is 0.417. The van der Waals surface area contributed by atoms with Gasteiger partial charge in [0, 0.05) is 32.7 Å². The van der Waals surface area contributed by atoms with E-state index < -0.39 is 0 Å². The molecule has 1 fully saturated rings. The van der Waals surface area contributed by atoms with E-state index in [0.717, 1.165) is 55.5 Å². The second kappa shape index (κ2) is 10.5.